The minimum atomic E-state index is -0.972. The number of amides is 2. The van der Waals surface area contributed by atoms with Crippen LogP contribution in [0.4, 0.5) is 4.79 Å². The average Bonchev–Trinajstić information content (AvgIpc) is 2.83. The van der Waals surface area contributed by atoms with Gasteiger partial charge in [-0.05, 0) is 35.3 Å². The molecule has 1 aliphatic rings. The molecule has 5 nitrogen and oxygen atoms in total. The molecule has 1 aliphatic heterocycles. The normalized spacial score (nSPS) is 18.2. The number of thiophene rings is 1. The summed E-state index contributed by atoms with van der Waals surface area (Å²) in [5.41, 5.74) is 0.895. The second kappa shape index (κ2) is 6.05. The van der Waals surface area contributed by atoms with E-state index in [9.17, 15) is 14.7 Å². The lowest BCUT2D eigenvalue weighted by Gasteiger charge is -2.33. The number of nitrogens with one attached hydrogen (secondary N) is 1. The van der Waals surface area contributed by atoms with Gasteiger partial charge in [0.15, 0.2) is 6.04 Å². The van der Waals surface area contributed by atoms with E-state index in [4.69, 9.17) is 0 Å². The van der Waals surface area contributed by atoms with Gasteiger partial charge in [-0.15, -0.1) is 11.3 Å². The van der Waals surface area contributed by atoms with Crippen molar-refractivity contribution in [3.05, 3.63) is 21.9 Å². The van der Waals surface area contributed by atoms with Gasteiger partial charge in [0, 0.05) is 18.0 Å². The Morgan fingerprint density at radius 2 is 2.19 bits per heavy atom. The highest BCUT2D eigenvalue weighted by Gasteiger charge is 2.36. The molecule has 1 aromatic rings. The average molecular weight is 310 g/mol. The largest absolute Gasteiger partial charge is 0.479 e. The Kier molecular flexibility index (Phi) is 4.56. The molecule has 1 aromatic heterocycles. The Morgan fingerprint density at radius 1 is 1.48 bits per heavy atom. The fraction of sp³-hybridized carbons (Fsp3) is 0.600. The van der Waals surface area contributed by atoms with E-state index in [0.29, 0.717) is 13.1 Å². The van der Waals surface area contributed by atoms with Crippen LogP contribution in [0, 0.1) is 5.41 Å². The zero-order valence-electron chi connectivity index (χ0n) is 12.7. The number of carbonyl (C=O) groups excluding carboxylic acids is 1. The van der Waals surface area contributed by atoms with Crippen molar-refractivity contribution in [2.75, 3.05) is 13.1 Å². The van der Waals surface area contributed by atoms with E-state index in [0.717, 1.165) is 23.3 Å². The van der Waals surface area contributed by atoms with Gasteiger partial charge in [-0.2, -0.15) is 0 Å². The minimum Gasteiger partial charge on any atom is -0.479 e. The first kappa shape index (κ1) is 15.8. The maximum Gasteiger partial charge on any atom is 0.331 e. The van der Waals surface area contributed by atoms with E-state index >= 15 is 0 Å². The van der Waals surface area contributed by atoms with Crippen LogP contribution in [0.5, 0.6) is 0 Å². The van der Waals surface area contributed by atoms with Gasteiger partial charge in [-0.25, -0.2) is 9.59 Å². The number of hydrogen-bond acceptors (Lipinski definition) is 3. The van der Waals surface area contributed by atoms with Gasteiger partial charge in [-0.1, -0.05) is 20.8 Å². The molecule has 1 atom stereocenters. The number of nitrogens with zero attached hydrogens (tertiary/aromatic N) is 1. The number of aliphatic carboxylic acids is 1. The number of carbonyl (C=O) groups is 2. The second-order valence-corrected chi connectivity index (χ2v) is 7.53. The molecule has 0 saturated heterocycles. The van der Waals surface area contributed by atoms with Crippen LogP contribution in [0.25, 0.3) is 0 Å². The van der Waals surface area contributed by atoms with Crippen LogP contribution < -0.4 is 5.32 Å². The quantitative estimate of drug-likeness (QED) is 0.902. The first-order chi connectivity index (χ1) is 9.79. The van der Waals surface area contributed by atoms with Gasteiger partial charge < -0.3 is 15.3 Å². The molecule has 0 aliphatic carbocycles. The van der Waals surface area contributed by atoms with Crippen molar-refractivity contribution < 1.29 is 14.7 Å². The predicted octanol–water partition coefficient (Wildman–Crippen LogP) is 2.88. The maximum absolute atomic E-state index is 12.3. The highest BCUT2D eigenvalue weighted by Crippen LogP contribution is 2.33. The monoisotopic (exact) mass is 310 g/mol. The Balaban J connectivity index is 2.05. The van der Waals surface area contributed by atoms with E-state index in [1.165, 1.54) is 4.90 Å². The number of urea groups is 1. The third-order valence-corrected chi connectivity index (χ3v) is 4.61. The standard InChI is InChI=1S/C15H22N2O3S/c1-15(2,3)6-7-16-14(20)17-8-4-11-10(5-9-21-11)12(17)13(18)19/h5,9,12H,4,6-8H2,1-3H3,(H,16,20)(H,18,19). The van der Waals surface area contributed by atoms with Gasteiger partial charge >= 0.3 is 12.0 Å². The summed E-state index contributed by atoms with van der Waals surface area (Å²) < 4.78 is 0. The molecule has 2 rings (SSSR count). The molecule has 116 valence electrons. The summed E-state index contributed by atoms with van der Waals surface area (Å²) in [6.07, 6.45) is 1.58. The molecular weight excluding hydrogens is 288 g/mol. The van der Waals surface area contributed by atoms with E-state index in [1.807, 2.05) is 11.4 Å². The molecule has 21 heavy (non-hydrogen) atoms. The van der Waals surface area contributed by atoms with Crippen molar-refractivity contribution in [3.8, 4) is 0 Å². The lowest BCUT2D eigenvalue weighted by Crippen LogP contribution is -2.48. The lowest BCUT2D eigenvalue weighted by molar-refractivity contribution is -0.142. The van der Waals surface area contributed by atoms with Crippen LogP contribution >= 0.6 is 11.3 Å². The fourth-order valence-corrected chi connectivity index (χ4v) is 3.35. The third kappa shape index (κ3) is 3.75. The molecule has 0 radical (unpaired) electrons. The van der Waals surface area contributed by atoms with Crippen molar-refractivity contribution >= 4 is 23.3 Å². The van der Waals surface area contributed by atoms with Crippen molar-refractivity contribution in [1.29, 1.82) is 0 Å². The van der Waals surface area contributed by atoms with Crippen molar-refractivity contribution in [3.63, 3.8) is 0 Å². The van der Waals surface area contributed by atoms with Crippen LogP contribution in [0.2, 0.25) is 0 Å². The van der Waals surface area contributed by atoms with E-state index in [1.54, 1.807) is 11.3 Å². The number of carboxylic acids is 1. The molecule has 1 unspecified atom stereocenters. The van der Waals surface area contributed by atoms with Gasteiger partial charge in [0.1, 0.15) is 0 Å². The molecular formula is C15H22N2O3S. The summed E-state index contributed by atoms with van der Waals surface area (Å²) >= 11 is 1.56. The Labute approximate surface area is 129 Å². The third-order valence-electron chi connectivity index (χ3n) is 3.61. The lowest BCUT2D eigenvalue weighted by atomic mass is 9.92. The summed E-state index contributed by atoms with van der Waals surface area (Å²) in [5.74, 6) is -0.972. The number of hydrogen-bond donors (Lipinski definition) is 2. The maximum atomic E-state index is 12.3. The molecule has 0 saturated carbocycles. The molecule has 2 N–H and O–H groups in total. The SMILES string of the molecule is CC(C)(C)CCNC(=O)N1CCc2sccc2C1C(=O)O. The number of carboxylic acid groups (broad SMARTS) is 1. The Hall–Kier alpha value is -1.56. The summed E-state index contributed by atoms with van der Waals surface area (Å²) in [4.78, 5) is 26.3. The first-order valence-electron chi connectivity index (χ1n) is 7.13. The molecule has 6 heteroatoms. The smallest absolute Gasteiger partial charge is 0.331 e. The van der Waals surface area contributed by atoms with Gasteiger partial charge in [0.2, 0.25) is 0 Å². The topological polar surface area (TPSA) is 69.6 Å². The van der Waals surface area contributed by atoms with E-state index in [2.05, 4.69) is 26.1 Å². The zero-order chi connectivity index (χ0) is 15.6. The van der Waals surface area contributed by atoms with Crippen molar-refractivity contribution in [2.24, 2.45) is 5.41 Å². The number of rotatable bonds is 3. The minimum absolute atomic E-state index is 0.141. The van der Waals surface area contributed by atoms with E-state index < -0.39 is 12.0 Å². The summed E-state index contributed by atoms with van der Waals surface area (Å²) in [7, 11) is 0. The van der Waals surface area contributed by atoms with Gasteiger partial charge in [0.05, 0.1) is 0 Å². The van der Waals surface area contributed by atoms with Crippen LogP contribution in [0.3, 0.4) is 0 Å². The Morgan fingerprint density at radius 3 is 2.81 bits per heavy atom. The molecule has 2 amide bonds. The van der Waals surface area contributed by atoms with Crippen LogP contribution in [0.15, 0.2) is 11.4 Å². The molecule has 0 aromatic carbocycles. The van der Waals surface area contributed by atoms with Gasteiger partial charge in [-0.3, -0.25) is 0 Å². The highest BCUT2D eigenvalue weighted by atomic mass is 32.1. The van der Waals surface area contributed by atoms with Crippen LogP contribution in [-0.4, -0.2) is 35.1 Å². The van der Waals surface area contributed by atoms with Crippen LogP contribution in [-0.2, 0) is 11.2 Å². The van der Waals surface area contributed by atoms with Crippen molar-refractivity contribution in [2.45, 2.75) is 39.7 Å². The molecule has 0 fully saturated rings. The molecule has 0 spiro atoms. The van der Waals surface area contributed by atoms with Crippen molar-refractivity contribution in [1.82, 2.24) is 10.2 Å². The fourth-order valence-electron chi connectivity index (χ4n) is 2.45. The second-order valence-electron chi connectivity index (χ2n) is 6.53. The van der Waals surface area contributed by atoms with Crippen LogP contribution in [0.1, 0.15) is 43.7 Å². The Bertz CT molecular complexity index is 533. The first-order valence-corrected chi connectivity index (χ1v) is 8.01. The summed E-state index contributed by atoms with van der Waals surface area (Å²) in [5, 5.41) is 14.2. The van der Waals surface area contributed by atoms with Gasteiger partial charge in [0.25, 0.3) is 0 Å². The highest BCUT2D eigenvalue weighted by molar-refractivity contribution is 7.10. The molecule has 0 bridgehead atoms. The summed E-state index contributed by atoms with van der Waals surface area (Å²) in [6.45, 7) is 7.33. The predicted molar refractivity (Wildman–Crippen MR) is 82.6 cm³/mol. The zero-order valence-corrected chi connectivity index (χ0v) is 13.5. The summed E-state index contributed by atoms with van der Waals surface area (Å²) in [6, 6.07) is 0.658. The van der Waals surface area contributed by atoms with E-state index in [-0.39, 0.29) is 11.4 Å². The number of fused-ring (bicyclic) bond motifs is 1. The molecule has 2 heterocycles.